The number of fused-ring (bicyclic) bond motifs is 1. The first kappa shape index (κ1) is 27.8. The molecule has 1 saturated heterocycles. The highest BCUT2D eigenvalue weighted by Gasteiger charge is 2.50. The highest BCUT2D eigenvalue weighted by atomic mass is 35.5. The van der Waals surface area contributed by atoms with Gasteiger partial charge in [0.2, 0.25) is 5.91 Å². The van der Waals surface area contributed by atoms with Crippen molar-refractivity contribution in [2.45, 2.75) is 51.3 Å². The number of piperazine rings is 1. The number of carbonyl (C=O) groups is 1. The van der Waals surface area contributed by atoms with E-state index in [4.69, 9.17) is 22.1 Å². The third-order valence-electron chi connectivity index (χ3n) is 8.88. The Morgan fingerprint density at radius 1 is 1.20 bits per heavy atom. The number of nitrogens with zero attached hydrogens (tertiary/aromatic N) is 2. The maximum Gasteiger partial charge on any atom is 0.230 e. The van der Waals surface area contributed by atoms with Gasteiger partial charge in [-0.1, -0.05) is 67.4 Å². The number of carbonyl (C=O) groups excluding carboxylic acids is 1. The number of aromatic amines is 1. The number of ether oxygens (including phenoxy) is 1. The van der Waals surface area contributed by atoms with E-state index in [2.05, 4.69) is 46.4 Å². The summed E-state index contributed by atoms with van der Waals surface area (Å²) in [5.74, 6) is -0.409. The predicted molar refractivity (Wildman–Crippen MR) is 164 cm³/mol. The summed E-state index contributed by atoms with van der Waals surface area (Å²) in [4.78, 5) is 15.4. The molecular weight excluding hydrogens is 534 g/mol. The molecule has 1 fully saturated rings. The highest BCUT2D eigenvalue weighted by Crippen LogP contribution is 2.46. The average molecular weight is 572 g/mol. The molecule has 6 rings (SSSR count). The zero-order valence-electron chi connectivity index (χ0n) is 23.7. The fraction of sp³-hybridized carbons (Fsp3) is 0.394. The van der Waals surface area contributed by atoms with Gasteiger partial charge in [0, 0.05) is 30.7 Å². The number of amides is 1. The zero-order chi connectivity index (χ0) is 28.6. The Kier molecular flexibility index (Phi) is 7.53. The van der Waals surface area contributed by atoms with Crippen LogP contribution in [0, 0.1) is 11.3 Å². The molecular formula is C33H38ClN5O2. The summed E-state index contributed by atoms with van der Waals surface area (Å²) in [5, 5.41) is 12.5. The molecule has 2 aromatic carbocycles. The van der Waals surface area contributed by atoms with Crippen LogP contribution in [0.5, 0.6) is 5.75 Å². The Bertz CT molecular complexity index is 1520. The molecule has 4 N–H and O–H groups in total. The molecule has 0 saturated carbocycles. The van der Waals surface area contributed by atoms with Crippen LogP contribution in [0.4, 0.5) is 0 Å². The standard InChI is InChI=1S/C33H38ClN5O2/c1-32(2)15-13-23(26(19-32)22-9-11-24(34)12-10-22)18-25-20-36-16-17-39(25)33(14-4-3-6-28(33)31(35)40)41-30-8-5-7-29-27(30)21-37-38-29/h3-12,14,21,25,28,36H,13,15-20H2,1-2H3,(H2,35,40)(H,37,38). The second kappa shape index (κ2) is 11.1. The van der Waals surface area contributed by atoms with Crippen molar-refractivity contribution in [3.63, 3.8) is 0 Å². The summed E-state index contributed by atoms with van der Waals surface area (Å²) >= 11 is 6.25. The smallest absolute Gasteiger partial charge is 0.230 e. The maximum atomic E-state index is 13.0. The molecule has 8 heteroatoms. The minimum Gasteiger partial charge on any atom is -0.467 e. The Morgan fingerprint density at radius 2 is 2.02 bits per heavy atom. The van der Waals surface area contributed by atoms with Crippen molar-refractivity contribution in [3.8, 4) is 5.75 Å². The number of nitrogens with one attached hydrogen (secondary N) is 2. The van der Waals surface area contributed by atoms with Crippen LogP contribution in [0.15, 0.2) is 78.5 Å². The number of benzene rings is 2. The van der Waals surface area contributed by atoms with Gasteiger partial charge in [-0.2, -0.15) is 5.10 Å². The predicted octanol–water partition coefficient (Wildman–Crippen LogP) is 5.85. The minimum atomic E-state index is -1.08. The van der Waals surface area contributed by atoms with Crippen molar-refractivity contribution in [1.82, 2.24) is 20.4 Å². The van der Waals surface area contributed by atoms with E-state index >= 15 is 0 Å². The van der Waals surface area contributed by atoms with Crippen LogP contribution in [0.1, 0.15) is 45.1 Å². The summed E-state index contributed by atoms with van der Waals surface area (Å²) in [7, 11) is 0. The second-order valence-electron chi connectivity index (χ2n) is 12.3. The lowest BCUT2D eigenvalue weighted by Gasteiger charge is -2.51. The number of primary amides is 1. The summed E-state index contributed by atoms with van der Waals surface area (Å²) in [6.07, 6.45) is 13.6. The topological polar surface area (TPSA) is 96.3 Å². The van der Waals surface area contributed by atoms with E-state index in [-0.39, 0.29) is 11.5 Å². The molecule has 0 bridgehead atoms. The molecule has 1 aliphatic heterocycles. The number of H-pyrrole nitrogens is 1. The average Bonchev–Trinajstić information content (AvgIpc) is 3.45. The molecule has 7 nitrogen and oxygen atoms in total. The van der Waals surface area contributed by atoms with Crippen molar-refractivity contribution in [1.29, 1.82) is 0 Å². The van der Waals surface area contributed by atoms with Gasteiger partial charge in [-0.25, -0.2) is 0 Å². The van der Waals surface area contributed by atoms with Gasteiger partial charge in [0.25, 0.3) is 0 Å². The first-order chi connectivity index (χ1) is 19.8. The third kappa shape index (κ3) is 5.46. The van der Waals surface area contributed by atoms with E-state index < -0.39 is 17.6 Å². The van der Waals surface area contributed by atoms with Crippen molar-refractivity contribution >= 4 is 34.0 Å². The van der Waals surface area contributed by atoms with E-state index in [0.717, 1.165) is 54.7 Å². The van der Waals surface area contributed by atoms with Gasteiger partial charge in [0.05, 0.1) is 17.1 Å². The van der Waals surface area contributed by atoms with Gasteiger partial charge in [0.1, 0.15) is 11.7 Å². The summed E-state index contributed by atoms with van der Waals surface area (Å²) in [5.41, 5.74) is 10.2. The van der Waals surface area contributed by atoms with Crippen molar-refractivity contribution in [3.05, 3.63) is 89.1 Å². The van der Waals surface area contributed by atoms with Crippen molar-refractivity contribution in [2.24, 2.45) is 17.1 Å². The third-order valence-corrected chi connectivity index (χ3v) is 9.13. The van der Waals surface area contributed by atoms with Crippen LogP contribution in [0.25, 0.3) is 16.5 Å². The maximum absolute atomic E-state index is 13.0. The molecule has 0 spiro atoms. The van der Waals surface area contributed by atoms with E-state index in [9.17, 15) is 4.79 Å². The number of aromatic nitrogens is 2. The van der Waals surface area contributed by atoms with Crippen LogP contribution in [-0.2, 0) is 4.79 Å². The Hall–Kier alpha value is -3.39. The zero-order valence-corrected chi connectivity index (χ0v) is 24.5. The number of hydrogen-bond donors (Lipinski definition) is 3. The minimum absolute atomic E-state index is 0.0869. The number of nitrogens with two attached hydrogens (primary N) is 1. The van der Waals surface area contributed by atoms with Gasteiger partial charge >= 0.3 is 0 Å². The molecule has 214 valence electrons. The molecule has 41 heavy (non-hydrogen) atoms. The Balaban J connectivity index is 1.42. The van der Waals surface area contributed by atoms with Crippen LogP contribution < -0.4 is 15.8 Å². The SMILES string of the molecule is CC1(C)CCC(CC2CNCCN2C2(Oc3cccc4[nH]ncc34)C=CC=CC2C(N)=O)=C(c2ccc(Cl)cc2)C1. The van der Waals surface area contributed by atoms with Crippen molar-refractivity contribution < 1.29 is 9.53 Å². The van der Waals surface area contributed by atoms with Gasteiger partial charge in [-0.3, -0.25) is 14.8 Å². The number of hydrogen-bond acceptors (Lipinski definition) is 5. The second-order valence-corrected chi connectivity index (χ2v) is 12.7. The molecule has 0 radical (unpaired) electrons. The van der Waals surface area contributed by atoms with E-state index in [1.54, 1.807) is 6.20 Å². The van der Waals surface area contributed by atoms with Gasteiger partial charge in [-0.15, -0.1) is 0 Å². The first-order valence-electron chi connectivity index (χ1n) is 14.5. The fourth-order valence-corrected chi connectivity index (χ4v) is 6.87. The highest BCUT2D eigenvalue weighted by molar-refractivity contribution is 6.30. The van der Waals surface area contributed by atoms with Crippen LogP contribution in [0.2, 0.25) is 5.02 Å². The Labute approximate surface area is 246 Å². The Morgan fingerprint density at radius 3 is 2.83 bits per heavy atom. The summed E-state index contributed by atoms with van der Waals surface area (Å²) < 4.78 is 6.97. The molecule has 1 aromatic heterocycles. The normalized spacial score (nSPS) is 26.4. The monoisotopic (exact) mass is 571 g/mol. The van der Waals surface area contributed by atoms with Crippen LogP contribution in [-0.4, -0.2) is 52.4 Å². The number of allylic oxidation sites excluding steroid dienone is 3. The molecule has 3 unspecified atom stereocenters. The van der Waals surface area contributed by atoms with Gasteiger partial charge in [-0.05, 0) is 72.6 Å². The lowest BCUT2D eigenvalue weighted by molar-refractivity contribution is -0.141. The number of rotatable bonds is 7. The molecule has 1 amide bonds. The van der Waals surface area contributed by atoms with E-state index in [1.807, 2.05) is 54.6 Å². The summed E-state index contributed by atoms with van der Waals surface area (Å²) in [6, 6.07) is 14.2. The van der Waals surface area contributed by atoms with Crippen molar-refractivity contribution in [2.75, 3.05) is 19.6 Å². The largest absolute Gasteiger partial charge is 0.467 e. The first-order valence-corrected chi connectivity index (χ1v) is 14.8. The summed E-state index contributed by atoms with van der Waals surface area (Å²) in [6.45, 7) is 6.98. The molecule has 2 heterocycles. The fourth-order valence-electron chi connectivity index (χ4n) is 6.75. The molecule has 2 aliphatic carbocycles. The number of halogens is 1. The lowest BCUT2D eigenvalue weighted by Crippen LogP contribution is -2.67. The van der Waals surface area contributed by atoms with Gasteiger partial charge in [0.15, 0.2) is 5.72 Å². The lowest BCUT2D eigenvalue weighted by atomic mass is 9.71. The van der Waals surface area contributed by atoms with E-state index in [0.29, 0.717) is 12.3 Å². The molecule has 3 aromatic rings. The van der Waals surface area contributed by atoms with Crippen LogP contribution in [0.3, 0.4) is 0 Å². The van der Waals surface area contributed by atoms with E-state index in [1.165, 1.54) is 16.7 Å². The quantitative estimate of drug-likeness (QED) is 0.331. The van der Waals surface area contributed by atoms with Gasteiger partial charge < -0.3 is 15.8 Å². The van der Waals surface area contributed by atoms with Crippen LogP contribution >= 0.6 is 11.6 Å². The molecule has 3 atom stereocenters. The molecule has 3 aliphatic rings.